The van der Waals surface area contributed by atoms with Crippen molar-refractivity contribution >= 4 is 23.5 Å². The quantitative estimate of drug-likeness (QED) is 0.275. The van der Waals surface area contributed by atoms with Gasteiger partial charge in [-0.05, 0) is 36.5 Å². The number of terminal acetylenes is 1. The molecule has 8 nitrogen and oxygen atoms in total. The van der Waals surface area contributed by atoms with Gasteiger partial charge in [0.05, 0.1) is 12.1 Å². The second-order valence-electron chi connectivity index (χ2n) is 9.80. The second-order valence-corrected chi connectivity index (χ2v) is 9.80. The van der Waals surface area contributed by atoms with Crippen molar-refractivity contribution in [2.45, 2.75) is 71.0 Å². The van der Waals surface area contributed by atoms with E-state index in [1.807, 2.05) is 20.8 Å². The molecule has 1 unspecified atom stereocenters. The molecule has 1 heterocycles. The van der Waals surface area contributed by atoms with Crippen molar-refractivity contribution in [3.05, 3.63) is 12.7 Å². The number of nitrogens with two attached hydrogens (primary N) is 1. The highest BCUT2D eigenvalue weighted by molar-refractivity contribution is 6.38. The number of hydrogen-bond donors (Lipinski definition) is 3. The van der Waals surface area contributed by atoms with Crippen LogP contribution in [0.2, 0.25) is 0 Å². The number of carbonyl (C=O) groups is 4. The van der Waals surface area contributed by atoms with Crippen molar-refractivity contribution in [3.8, 4) is 12.3 Å². The summed E-state index contributed by atoms with van der Waals surface area (Å²) in [6.45, 7) is 9.78. The average molecular weight is 445 g/mol. The zero-order chi connectivity index (χ0) is 24.1. The van der Waals surface area contributed by atoms with E-state index in [9.17, 15) is 19.2 Å². The number of Topliss-reactive ketones (excluding diaryl/α,β-unsaturated/α-hetero) is 1. The van der Waals surface area contributed by atoms with E-state index in [0.29, 0.717) is 6.54 Å². The molecule has 1 aliphatic carbocycles. The first-order valence-electron chi connectivity index (χ1n) is 11.3. The molecule has 0 radical (unpaired) electrons. The fraction of sp³-hybridized carbons (Fsp3) is 0.667. The van der Waals surface area contributed by atoms with Gasteiger partial charge in [-0.15, -0.1) is 18.9 Å². The van der Waals surface area contributed by atoms with Crippen molar-refractivity contribution < 1.29 is 19.2 Å². The van der Waals surface area contributed by atoms with Crippen LogP contribution in [0.4, 0.5) is 0 Å². The zero-order valence-electron chi connectivity index (χ0n) is 19.4. The molecule has 0 aromatic carbocycles. The van der Waals surface area contributed by atoms with Gasteiger partial charge in [0.2, 0.25) is 17.6 Å². The molecule has 1 saturated carbocycles. The topological polar surface area (TPSA) is 122 Å². The van der Waals surface area contributed by atoms with E-state index < -0.39 is 41.1 Å². The van der Waals surface area contributed by atoms with E-state index in [1.165, 1.54) is 6.08 Å². The van der Waals surface area contributed by atoms with Crippen molar-refractivity contribution in [3.63, 3.8) is 0 Å². The first-order valence-corrected chi connectivity index (χ1v) is 11.3. The first kappa shape index (κ1) is 25.6. The molecule has 2 fully saturated rings. The van der Waals surface area contributed by atoms with Crippen LogP contribution in [0.3, 0.4) is 0 Å². The molecule has 176 valence electrons. The van der Waals surface area contributed by atoms with Crippen LogP contribution in [0.5, 0.6) is 0 Å². The highest BCUT2D eigenvalue weighted by Gasteiger charge is 2.51. The number of nitrogens with zero attached hydrogens (tertiary/aromatic N) is 1. The monoisotopic (exact) mass is 444 g/mol. The third-order valence-electron chi connectivity index (χ3n) is 6.48. The van der Waals surface area contributed by atoms with Gasteiger partial charge in [0, 0.05) is 19.5 Å². The highest BCUT2D eigenvalue weighted by atomic mass is 16.2. The van der Waals surface area contributed by atoms with E-state index in [1.54, 1.807) is 4.90 Å². The summed E-state index contributed by atoms with van der Waals surface area (Å²) in [5.74, 6) is 0.432. The van der Waals surface area contributed by atoms with Crippen LogP contribution < -0.4 is 16.4 Å². The number of nitrogens with one attached hydrogen (secondary N) is 2. The van der Waals surface area contributed by atoms with Gasteiger partial charge in [0.15, 0.2) is 0 Å². The van der Waals surface area contributed by atoms with Crippen molar-refractivity contribution in [1.29, 1.82) is 0 Å². The minimum atomic E-state index is -1.06. The largest absolute Gasteiger partial charge is 0.346 e. The zero-order valence-corrected chi connectivity index (χ0v) is 19.4. The standard InChI is InChI=1S/C24H36N4O4/c1-6-8-12-17(19(29)22(31)26-13-7-2)27-21(30)18-16-11-9-10-15(16)14-28(18)23(32)20(25)24(3,4)5/h1,7,15-18,20H,2,8-14,25H2,3-5H3,(H,26,31)(H,27,30)/t15-,16-,17?,18-,20+/m0/s1. The Balaban J connectivity index is 2.23. The maximum absolute atomic E-state index is 13.4. The molecular formula is C24H36N4O4. The number of ketones is 1. The normalized spacial score (nSPS) is 24.1. The predicted molar refractivity (Wildman–Crippen MR) is 122 cm³/mol. The molecule has 8 heteroatoms. The summed E-state index contributed by atoms with van der Waals surface area (Å²) in [7, 11) is 0. The van der Waals surface area contributed by atoms with Gasteiger partial charge in [-0.25, -0.2) is 0 Å². The highest BCUT2D eigenvalue weighted by Crippen LogP contribution is 2.43. The lowest BCUT2D eigenvalue weighted by Gasteiger charge is -2.34. The van der Waals surface area contributed by atoms with Gasteiger partial charge in [0.25, 0.3) is 5.91 Å². The molecule has 4 N–H and O–H groups in total. The SMILES string of the molecule is C#CCCC(NC(=O)[C@@H]1[C@H]2CCC[C@H]2CN1C(=O)[C@@H](N)C(C)(C)C)C(=O)C(=O)NCC=C. The van der Waals surface area contributed by atoms with E-state index in [4.69, 9.17) is 12.2 Å². The maximum atomic E-state index is 13.4. The Kier molecular flexibility index (Phi) is 8.62. The Labute approximate surface area is 190 Å². The Morgan fingerprint density at radius 3 is 2.56 bits per heavy atom. The molecule has 0 aromatic rings. The molecule has 1 saturated heterocycles. The Morgan fingerprint density at radius 1 is 1.28 bits per heavy atom. The number of carbonyl (C=O) groups excluding carboxylic acids is 4. The summed E-state index contributed by atoms with van der Waals surface area (Å²) in [4.78, 5) is 53.0. The molecule has 0 aromatic heterocycles. The summed E-state index contributed by atoms with van der Waals surface area (Å²) in [5, 5.41) is 5.16. The van der Waals surface area contributed by atoms with Gasteiger partial charge in [-0.2, -0.15) is 0 Å². The van der Waals surface area contributed by atoms with Gasteiger partial charge in [0.1, 0.15) is 6.04 Å². The van der Waals surface area contributed by atoms with Crippen LogP contribution in [0.1, 0.15) is 52.9 Å². The molecule has 32 heavy (non-hydrogen) atoms. The molecule has 3 amide bonds. The molecule has 2 aliphatic rings. The number of likely N-dealkylation sites (tertiary alicyclic amines) is 1. The summed E-state index contributed by atoms with van der Waals surface area (Å²) < 4.78 is 0. The van der Waals surface area contributed by atoms with E-state index in [2.05, 4.69) is 23.1 Å². The summed E-state index contributed by atoms with van der Waals surface area (Å²) >= 11 is 0. The average Bonchev–Trinajstić information content (AvgIpc) is 3.33. The predicted octanol–water partition coefficient (Wildman–Crippen LogP) is 0.756. The maximum Gasteiger partial charge on any atom is 0.289 e. The van der Waals surface area contributed by atoms with E-state index in [0.717, 1.165) is 19.3 Å². The summed E-state index contributed by atoms with van der Waals surface area (Å²) in [5.41, 5.74) is 5.77. The molecule has 0 bridgehead atoms. The lowest BCUT2D eigenvalue weighted by molar-refractivity contribution is -0.144. The van der Waals surface area contributed by atoms with Gasteiger partial charge < -0.3 is 21.3 Å². The van der Waals surface area contributed by atoms with Gasteiger partial charge in [-0.1, -0.05) is 33.3 Å². The van der Waals surface area contributed by atoms with Gasteiger partial charge in [-0.3, -0.25) is 19.2 Å². The fourth-order valence-electron chi connectivity index (χ4n) is 4.58. The number of rotatable bonds is 9. The van der Waals surface area contributed by atoms with E-state index >= 15 is 0 Å². The lowest BCUT2D eigenvalue weighted by Crippen LogP contribution is -2.58. The fourth-order valence-corrected chi connectivity index (χ4v) is 4.58. The van der Waals surface area contributed by atoms with Crippen LogP contribution >= 0.6 is 0 Å². The summed E-state index contributed by atoms with van der Waals surface area (Å²) in [6.07, 6.45) is 9.94. The molecule has 1 aliphatic heterocycles. The third kappa shape index (κ3) is 5.77. The number of hydrogen-bond acceptors (Lipinski definition) is 5. The minimum absolute atomic E-state index is 0.0177. The van der Waals surface area contributed by atoms with Gasteiger partial charge >= 0.3 is 0 Å². The third-order valence-corrected chi connectivity index (χ3v) is 6.48. The van der Waals surface area contributed by atoms with E-state index in [-0.39, 0.29) is 37.1 Å². The second kappa shape index (κ2) is 10.8. The van der Waals surface area contributed by atoms with Crippen LogP contribution in [0.25, 0.3) is 0 Å². The number of amides is 3. The van der Waals surface area contributed by atoms with Crippen LogP contribution in [-0.4, -0.2) is 59.6 Å². The van der Waals surface area contributed by atoms with Crippen molar-refractivity contribution in [1.82, 2.24) is 15.5 Å². The van der Waals surface area contributed by atoms with Crippen LogP contribution in [-0.2, 0) is 19.2 Å². The molecule has 0 spiro atoms. The van der Waals surface area contributed by atoms with Crippen molar-refractivity contribution in [2.75, 3.05) is 13.1 Å². The molecule has 2 rings (SSSR count). The van der Waals surface area contributed by atoms with Crippen LogP contribution in [0.15, 0.2) is 12.7 Å². The minimum Gasteiger partial charge on any atom is -0.346 e. The Hall–Kier alpha value is -2.66. The number of fused-ring (bicyclic) bond motifs is 1. The Bertz CT molecular complexity index is 795. The molecular weight excluding hydrogens is 408 g/mol. The first-order chi connectivity index (χ1) is 15.0. The van der Waals surface area contributed by atoms with Crippen molar-refractivity contribution in [2.24, 2.45) is 23.0 Å². The molecule has 5 atom stereocenters. The Morgan fingerprint density at radius 2 is 1.97 bits per heavy atom. The smallest absolute Gasteiger partial charge is 0.289 e. The summed E-state index contributed by atoms with van der Waals surface area (Å²) in [6, 6.07) is -2.52. The lowest BCUT2D eigenvalue weighted by atomic mass is 9.86. The van der Waals surface area contributed by atoms with Crippen LogP contribution in [0, 0.1) is 29.6 Å².